The second kappa shape index (κ2) is 7.24. The number of aromatic nitrogens is 2. The Labute approximate surface area is 132 Å². The van der Waals surface area contributed by atoms with Crippen LogP contribution in [0.2, 0.25) is 0 Å². The van der Waals surface area contributed by atoms with Crippen LogP contribution in [0.15, 0.2) is 12.5 Å². The minimum Gasteiger partial charge on any atom is -0.349 e. The van der Waals surface area contributed by atoms with Crippen molar-refractivity contribution >= 4 is 5.91 Å². The maximum atomic E-state index is 12.6. The van der Waals surface area contributed by atoms with Crippen LogP contribution in [0.5, 0.6) is 0 Å². The zero-order chi connectivity index (χ0) is 15.4. The molecule has 1 amide bonds. The number of nitrogens with zero attached hydrogens (tertiary/aromatic N) is 3. The molecule has 6 nitrogen and oxygen atoms in total. The molecule has 122 valence electrons. The summed E-state index contributed by atoms with van der Waals surface area (Å²) in [7, 11) is 0. The van der Waals surface area contributed by atoms with Gasteiger partial charge in [-0.25, -0.2) is 4.98 Å². The molecule has 1 unspecified atom stereocenters. The summed E-state index contributed by atoms with van der Waals surface area (Å²) in [4.78, 5) is 19.2. The van der Waals surface area contributed by atoms with Crippen LogP contribution in [0, 0.1) is 0 Å². The molecule has 3 heterocycles. The van der Waals surface area contributed by atoms with Crippen LogP contribution in [0.25, 0.3) is 0 Å². The van der Waals surface area contributed by atoms with Crippen molar-refractivity contribution in [3.05, 3.63) is 18.2 Å². The fraction of sp³-hybridized carbons (Fsp3) is 0.750. The van der Waals surface area contributed by atoms with Gasteiger partial charge in [0, 0.05) is 18.8 Å². The average molecular weight is 305 g/mol. The minimum atomic E-state index is 0.0566. The Balaban J connectivity index is 1.56. The first kappa shape index (κ1) is 15.5. The lowest BCUT2D eigenvalue weighted by atomic mass is 10.0. The van der Waals surface area contributed by atoms with E-state index in [9.17, 15) is 4.79 Å². The maximum Gasteiger partial charge on any atom is 0.237 e. The van der Waals surface area contributed by atoms with Crippen LogP contribution in [-0.2, 0) is 17.9 Å². The van der Waals surface area contributed by atoms with Crippen molar-refractivity contribution < 1.29 is 4.79 Å². The lowest BCUT2D eigenvalue weighted by Gasteiger charge is -2.35. The molecule has 0 radical (unpaired) electrons. The number of amides is 1. The summed E-state index contributed by atoms with van der Waals surface area (Å²) in [6, 6.07) is 0.627. The summed E-state index contributed by atoms with van der Waals surface area (Å²) in [5.41, 5.74) is 1.07. The molecule has 1 aromatic heterocycles. The van der Waals surface area contributed by atoms with E-state index in [4.69, 9.17) is 0 Å². The van der Waals surface area contributed by atoms with Crippen LogP contribution >= 0.6 is 0 Å². The smallest absolute Gasteiger partial charge is 0.237 e. The number of hydrogen-bond acceptors (Lipinski definition) is 4. The second-order valence-corrected chi connectivity index (χ2v) is 6.27. The predicted molar refractivity (Wildman–Crippen MR) is 85.4 cm³/mol. The lowest BCUT2D eigenvalue weighted by Crippen LogP contribution is -2.50. The van der Waals surface area contributed by atoms with Gasteiger partial charge in [0.25, 0.3) is 0 Å². The van der Waals surface area contributed by atoms with Crippen molar-refractivity contribution in [1.82, 2.24) is 25.1 Å². The van der Waals surface area contributed by atoms with Gasteiger partial charge in [-0.15, -0.1) is 0 Å². The van der Waals surface area contributed by atoms with Gasteiger partial charge in [0.05, 0.1) is 24.6 Å². The summed E-state index contributed by atoms with van der Waals surface area (Å²) in [6.07, 6.45) is 8.10. The van der Waals surface area contributed by atoms with E-state index in [1.54, 1.807) is 0 Å². The molecular formula is C16H27N5O. The zero-order valence-corrected chi connectivity index (χ0v) is 13.4. The van der Waals surface area contributed by atoms with Gasteiger partial charge in [0.2, 0.25) is 5.91 Å². The number of nitrogens with one attached hydrogen (secondary N) is 2. The second-order valence-electron chi connectivity index (χ2n) is 6.27. The molecule has 1 aromatic rings. The largest absolute Gasteiger partial charge is 0.349 e. The first-order chi connectivity index (χ1) is 10.8. The molecule has 22 heavy (non-hydrogen) atoms. The van der Waals surface area contributed by atoms with Crippen molar-refractivity contribution in [2.75, 3.05) is 19.6 Å². The Bertz CT molecular complexity index is 494. The fourth-order valence-electron chi connectivity index (χ4n) is 3.72. The van der Waals surface area contributed by atoms with Gasteiger partial charge in [-0.2, -0.15) is 0 Å². The van der Waals surface area contributed by atoms with E-state index in [1.165, 1.54) is 0 Å². The van der Waals surface area contributed by atoms with Crippen molar-refractivity contribution in [2.45, 2.75) is 57.8 Å². The minimum absolute atomic E-state index is 0.0566. The van der Waals surface area contributed by atoms with Gasteiger partial charge in [-0.1, -0.05) is 0 Å². The van der Waals surface area contributed by atoms with Gasteiger partial charge in [0.15, 0.2) is 0 Å². The van der Waals surface area contributed by atoms with Crippen molar-refractivity contribution in [1.29, 1.82) is 0 Å². The molecule has 6 heteroatoms. The van der Waals surface area contributed by atoms with E-state index < -0.39 is 0 Å². The zero-order valence-electron chi connectivity index (χ0n) is 13.4. The quantitative estimate of drug-likeness (QED) is 0.842. The highest BCUT2D eigenvalue weighted by molar-refractivity contribution is 5.82. The first-order valence-electron chi connectivity index (χ1n) is 8.52. The molecule has 1 atom stereocenters. The molecule has 2 aliphatic rings. The summed E-state index contributed by atoms with van der Waals surface area (Å²) < 4.78 is 2.07. The number of carbonyl (C=O) groups is 1. The van der Waals surface area contributed by atoms with Crippen molar-refractivity contribution in [3.8, 4) is 0 Å². The van der Waals surface area contributed by atoms with Gasteiger partial charge in [0.1, 0.15) is 0 Å². The monoisotopic (exact) mass is 305 g/mol. The third-order valence-corrected chi connectivity index (χ3v) is 4.96. The van der Waals surface area contributed by atoms with E-state index in [0.717, 1.165) is 57.6 Å². The van der Waals surface area contributed by atoms with Gasteiger partial charge in [-0.05, 0) is 52.2 Å². The van der Waals surface area contributed by atoms with Crippen LogP contribution in [0.4, 0.5) is 0 Å². The molecule has 2 saturated heterocycles. The van der Waals surface area contributed by atoms with Crippen LogP contribution in [0.3, 0.4) is 0 Å². The average Bonchev–Trinajstić information content (AvgIpc) is 3.22. The third kappa shape index (κ3) is 3.33. The highest BCUT2D eigenvalue weighted by atomic mass is 16.2. The molecule has 2 N–H and O–H groups in total. The topological polar surface area (TPSA) is 62.2 Å². The molecule has 2 fully saturated rings. The number of hydrogen-bond donors (Lipinski definition) is 2. The van der Waals surface area contributed by atoms with Crippen LogP contribution < -0.4 is 10.6 Å². The summed E-state index contributed by atoms with van der Waals surface area (Å²) in [6.45, 7) is 6.76. The SMILES string of the molecule is CCn1cncc1CNC(=O)C1CCCN1C1CCNCC1. The number of piperidine rings is 1. The number of likely N-dealkylation sites (tertiary alicyclic amines) is 1. The summed E-state index contributed by atoms with van der Waals surface area (Å²) >= 11 is 0. The van der Waals surface area contributed by atoms with Gasteiger partial charge < -0.3 is 15.2 Å². The molecule has 0 aromatic carbocycles. The van der Waals surface area contributed by atoms with Gasteiger partial charge >= 0.3 is 0 Å². The Morgan fingerprint density at radius 3 is 3.00 bits per heavy atom. The normalized spacial score (nSPS) is 23.8. The highest BCUT2D eigenvalue weighted by Gasteiger charge is 2.35. The Morgan fingerprint density at radius 1 is 1.41 bits per heavy atom. The van der Waals surface area contributed by atoms with E-state index in [-0.39, 0.29) is 11.9 Å². The third-order valence-electron chi connectivity index (χ3n) is 4.96. The van der Waals surface area contributed by atoms with E-state index in [1.807, 2.05) is 12.5 Å². The summed E-state index contributed by atoms with van der Waals surface area (Å²) in [5, 5.41) is 6.52. The molecule has 0 aliphatic carbocycles. The number of rotatable bonds is 5. The van der Waals surface area contributed by atoms with Crippen molar-refractivity contribution in [2.24, 2.45) is 0 Å². The lowest BCUT2D eigenvalue weighted by molar-refractivity contribution is -0.126. The molecular weight excluding hydrogens is 278 g/mol. The highest BCUT2D eigenvalue weighted by Crippen LogP contribution is 2.24. The van der Waals surface area contributed by atoms with E-state index in [2.05, 4.69) is 32.0 Å². The standard InChI is InChI=1S/C16H27N5O/c1-2-20-12-18-10-14(20)11-19-16(22)15-4-3-9-21(15)13-5-7-17-8-6-13/h10,12-13,15,17H,2-9,11H2,1H3,(H,19,22). The molecule has 3 rings (SSSR count). The Kier molecular flexibility index (Phi) is 5.10. The maximum absolute atomic E-state index is 12.6. The molecule has 0 bridgehead atoms. The molecule has 0 saturated carbocycles. The van der Waals surface area contributed by atoms with E-state index in [0.29, 0.717) is 12.6 Å². The predicted octanol–water partition coefficient (Wildman–Crippen LogP) is 0.736. The van der Waals surface area contributed by atoms with Crippen LogP contribution in [0.1, 0.15) is 38.3 Å². The van der Waals surface area contributed by atoms with Crippen LogP contribution in [-0.4, -0.2) is 52.1 Å². The Morgan fingerprint density at radius 2 is 2.23 bits per heavy atom. The first-order valence-corrected chi connectivity index (χ1v) is 8.52. The Hall–Kier alpha value is -1.40. The number of carbonyl (C=O) groups excluding carboxylic acids is 1. The van der Waals surface area contributed by atoms with Gasteiger partial charge in [-0.3, -0.25) is 9.69 Å². The molecule has 2 aliphatic heterocycles. The fourth-order valence-corrected chi connectivity index (χ4v) is 3.72. The number of aryl methyl sites for hydroxylation is 1. The number of imidazole rings is 1. The van der Waals surface area contributed by atoms with Crippen molar-refractivity contribution in [3.63, 3.8) is 0 Å². The van der Waals surface area contributed by atoms with E-state index >= 15 is 0 Å². The summed E-state index contributed by atoms with van der Waals surface area (Å²) in [5.74, 6) is 0.180. The molecule has 0 spiro atoms.